The molecule has 0 radical (unpaired) electrons. The van der Waals surface area contributed by atoms with Crippen LogP contribution in [0.3, 0.4) is 0 Å². The molecule has 1 amide bonds. The van der Waals surface area contributed by atoms with Gasteiger partial charge in [-0.2, -0.15) is 0 Å². The molecular formula is C23H26N2O7S2. The maximum absolute atomic E-state index is 13.2. The predicted octanol–water partition coefficient (Wildman–Crippen LogP) is 3.21. The fraction of sp³-hybridized carbons (Fsp3) is 0.391. The van der Waals surface area contributed by atoms with Gasteiger partial charge in [0, 0.05) is 25.0 Å². The lowest BCUT2D eigenvalue weighted by Gasteiger charge is -2.33. The van der Waals surface area contributed by atoms with Gasteiger partial charge in [-0.25, -0.2) is 13.4 Å². The minimum absolute atomic E-state index is 0.0356. The van der Waals surface area contributed by atoms with Gasteiger partial charge in [0.1, 0.15) is 17.0 Å². The van der Waals surface area contributed by atoms with Gasteiger partial charge in [-0.3, -0.25) is 4.79 Å². The third kappa shape index (κ3) is 4.73. The molecular weight excluding hydrogens is 480 g/mol. The Hall–Kier alpha value is -2.76. The van der Waals surface area contributed by atoms with Crippen molar-refractivity contribution in [1.29, 1.82) is 0 Å². The van der Waals surface area contributed by atoms with E-state index in [4.69, 9.17) is 19.6 Å². The van der Waals surface area contributed by atoms with Gasteiger partial charge in [0.15, 0.2) is 20.2 Å². The molecule has 0 spiro atoms. The highest BCUT2D eigenvalue weighted by Crippen LogP contribution is 2.35. The number of rotatable bonds is 9. The minimum Gasteiger partial charge on any atom is -0.508 e. The van der Waals surface area contributed by atoms with Gasteiger partial charge in [0.05, 0.1) is 11.5 Å². The minimum atomic E-state index is -3.96. The standard InChI is InChI=1S/C23H26N2O7S2/c1-15-13-16(26)14-19-20(15)25-22(32-19)33-12-2-9-31-17-3-5-18(6-4-17)34(28,29)23(21(24)27)7-10-30-11-8-23/h3-6,13-14,26H,2,7-12H2,1H3,(H2,24,27). The second-order valence-electron chi connectivity index (χ2n) is 8.09. The van der Waals surface area contributed by atoms with Crippen LogP contribution in [0.1, 0.15) is 24.8 Å². The van der Waals surface area contributed by atoms with Crippen LogP contribution >= 0.6 is 11.8 Å². The molecule has 1 saturated heterocycles. The first-order valence-corrected chi connectivity index (χ1v) is 13.3. The third-order valence-electron chi connectivity index (χ3n) is 5.83. The molecule has 1 fully saturated rings. The van der Waals surface area contributed by atoms with E-state index in [9.17, 15) is 18.3 Å². The van der Waals surface area contributed by atoms with Gasteiger partial charge >= 0.3 is 0 Å². The number of carbonyl (C=O) groups is 1. The third-order valence-corrected chi connectivity index (χ3v) is 9.28. The summed E-state index contributed by atoms with van der Waals surface area (Å²) in [6.07, 6.45) is 0.793. The first-order chi connectivity index (χ1) is 16.2. The molecule has 34 heavy (non-hydrogen) atoms. The molecule has 0 aliphatic carbocycles. The highest BCUT2D eigenvalue weighted by Gasteiger charge is 2.51. The molecule has 3 N–H and O–H groups in total. The number of sulfone groups is 1. The number of fused-ring (bicyclic) bond motifs is 1. The molecule has 182 valence electrons. The van der Waals surface area contributed by atoms with Crippen molar-refractivity contribution in [2.24, 2.45) is 5.73 Å². The molecule has 11 heteroatoms. The molecule has 1 aromatic heterocycles. The zero-order valence-corrected chi connectivity index (χ0v) is 20.3. The van der Waals surface area contributed by atoms with E-state index in [1.807, 2.05) is 6.92 Å². The van der Waals surface area contributed by atoms with E-state index in [2.05, 4.69) is 4.98 Å². The molecule has 0 atom stereocenters. The number of hydrogen-bond acceptors (Lipinski definition) is 9. The maximum Gasteiger partial charge on any atom is 0.256 e. The molecule has 0 bridgehead atoms. The first-order valence-electron chi connectivity index (χ1n) is 10.8. The predicted molar refractivity (Wildman–Crippen MR) is 127 cm³/mol. The number of carbonyl (C=O) groups excluding carboxylic acids is 1. The molecule has 4 rings (SSSR count). The maximum atomic E-state index is 13.2. The van der Waals surface area contributed by atoms with Crippen molar-refractivity contribution in [1.82, 2.24) is 4.98 Å². The summed E-state index contributed by atoms with van der Waals surface area (Å²) in [7, 11) is -3.96. The van der Waals surface area contributed by atoms with Crippen LogP contribution in [0.15, 0.2) is 50.9 Å². The SMILES string of the molecule is Cc1cc(O)cc2oc(SCCCOc3ccc(S(=O)(=O)C4(C(N)=O)CCOCC4)cc3)nc12. The zero-order valence-electron chi connectivity index (χ0n) is 18.7. The van der Waals surface area contributed by atoms with Crippen molar-refractivity contribution in [2.45, 2.75) is 41.1 Å². The van der Waals surface area contributed by atoms with Crippen molar-refractivity contribution < 1.29 is 32.2 Å². The second kappa shape index (κ2) is 9.85. The van der Waals surface area contributed by atoms with E-state index in [0.29, 0.717) is 35.3 Å². The van der Waals surface area contributed by atoms with Gasteiger partial charge in [-0.1, -0.05) is 11.8 Å². The Kier molecular flexibility index (Phi) is 7.06. The van der Waals surface area contributed by atoms with Crippen LogP contribution in [0.2, 0.25) is 0 Å². The fourth-order valence-corrected chi connectivity index (χ4v) is 6.57. The Bertz CT molecular complexity index is 1280. The summed E-state index contributed by atoms with van der Waals surface area (Å²) in [6.45, 7) is 2.63. The average molecular weight is 507 g/mol. The number of aromatic nitrogens is 1. The van der Waals surface area contributed by atoms with Crippen molar-refractivity contribution in [2.75, 3.05) is 25.6 Å². The Balaban J connectivity index is 1.31. The zero-order chi connectivity index (χ0) is 24.3. The number of primary amides is 1. The highest BCUT2D eigenvalue weighted by atomic mass is 32.2. The van der Waals surface area contributed by atoms with Crippen LogP contribution in [0.5, 0.6) is 11.5 Å². The number of thioether (sulfide) groups is 1. The summed E-state index contributed by atoms with van der Waals surface area (Å²) >= 11 is 1.45. The van der Waals surface area contributed by atoms with Crippen molar-refractivity contribution in [3.8, 4) is 11.5 Å². The van der Waals surface area contributed by atoms with Crippen molar-refractivity contribution in [3.63, 3.8) is 0 Å². The number of ether oxygens (including phenoxy) is 2. The van der Waals surface area contributed by atoms with Crippen LogP contribution in [0.4, 0.5) is 0 Å². The van der Waals surface area contributed by atoms with Crippen LogP contribution < -0.4 is 10.5 Å². The molecule has 1 aliphatic heterocycles. The molecule has 0 saturated carbocycles. The lowest BCUT2D eigenvalue weighted by atomic mass is 9.98. The second-order valence-corrected chi connectivity index (χ2v) is 11.4. The van der Waals surface area contributed by atoms with Crippen LogP contribution in [0.25, 0.3) is 11.1 Å². The van der Waals surface area contributed by atoms with E-state index in [0.717, 1.165) is 11.1 Å². The lowest BCUT2D eigenvalue weighted by Crippen LogP contribution is -2.53. The smallest absolute Gasteiger partial charge is 0.256 e. The Morgan fingerprint density at radius 3 is 2.62 bits per heavy atom. The van der Waals surface area contributed by atoms with E-state index < -0.39 is 20.5 Å². The molecule has 9 nitrogen and oxygen atoms in total. The summed E-state index contributed by atoms with van der Waals surface area (Å²) in [4.78, 5) is 16.6. The Morgan fingerprint density at radius 2 is 1.94 bits per heavy atom. The monoisotopic (exact) mass is 506 g/mol. The topological polar surface area (TPSA) is 142 Å². The average Bonchev–Trinajstić information content (AvgIpc) is 3.22. The summed E-state index contributed by atoms with van der Waals surface area (Å²) in [5, 5.41) is 10.2. The van der Waals surface area contributed by atoms with Crippen LogP contribution in [0, 0.1) is 6.92 Å². The molecule has 1 aliphatic rings. The highest BCUT2D eigenvalue weighted by molar-refractivity contribution is 7.99. The van der Waals surface area contributed by atoms with Gasteiger partial charge < -0.3 is 24.7 Å². The number of phenolic OH excluding ortho intramolecular Hbond substituents is 1. The fourth-order valence-electron chi connectivity index (χ4n) is 3.92. The number of hydrogen-bond donors (Lipinski definition) is 2. The lowest BCUT2D eigenvalue weighted by molar-refractivity contribution is -0.122. The molecule has 3 aromatic rings. The van der Waals surface area contributed by atoms with Gasteiger partial charge in [0.2, 0.25) is 5.91 Å². The normalized spacial score (nSPS) is 15.9. The number of oxazole rings is 1. The summed E-state index contributed by atoms with van der Waals surface area (Å²) in [6, 6.07) is 9.21. The molecule has 0 unspecified atom stereocenters. The van der Waals surface area contributed by atoms with Crippen LogP contribution in [-0.4, -0.2) is 54.7 Å². The van der Waals surface area contributed by atoms with Crippen LogP contribution in [-0.2, 0) is 19.4 Å². The van der Waals surface area contributed by atoms with Gasteiger partial charge in [0.25, 0.3) is 5.22 Å². The van der Waals surface area contributed by atoms with Crippen molar-refractivity contribution in [3.05, 3.63) is 42.0 Å². The number of nitrogens with zero attached hydrogens (tertiary/aromatic N) is 1. The summed E-state index contributed by atoms with van der Waals surface area (Å²) in [5.41, 5.74) is 7.62. The Labute approximate surface area is 201 Å². The number of phenols is 1. The summed E-state index contributed by atoms with van der Waals surface area (Å²) < 4.78 is 41.3. The van der Waals surface area contributed by atoms with E-state index >= 15 is 0 Å². The first kappa shape index (κ1) is 24.4. The number of amides is 1. The number of benzene rings is 2. The summed E-state index contributed by atoms with van der Waals surface area (Å²) in [5.74, 6) is 0.520. The van der Waals surface area contributed by atoms with Gasteiger partial charge in [-0.15, -0.1) is 0 Å². The molecule has 2 aromatic carbocycles. The largest absolute Gasteiger partial charge is 0.508 e. The van der Waals surface area contributed by atoms with Gasteiger partial charge in [-0.05, 0) is 62.1 Å². The quantitative estimate of drug-likeness (QED) is 0.330. The van der Waals surface area contributed by atoms with Crippen molar-refractivity contribution >= 4 is 38.6 Å². The van der Waals surface area contributed by atoms with E-state index in [1.54, 1.807) is 24.3 Å². The van der Waals surface area contributed by atoms with E-state index in [1.165, 1.54) is 23.9 Å². The number of aromatic hydroxyl groups is 1. The number of nitrogens with two attached hydrogens (primary N) is 1. The van der Waals surface area contributed by atoms with E-state index in [-0.39, 0.29) is 36.7 Å². The molecule has 2 heterocycles. The Morgan fingerprint density at radius 1 is 1.24 bits per heavy atom. The number of aryl methyl sites for hydroxylation is 1.